The van der Waals surface area contributed by atoms with Gasteiger partial charge in [0, 0.05) is 28.4 Å². The molecule has 44 heavy (non-hydrogen) atoms. The van der Waals surface area contributed by atoms with Crippen LogP contribution in [0.3, 0.4) is 0 Å². The second kappa shape index (κ2) is 9.54. The van der Waals surface area contributed by atoms with E-state index in [0.29, 0.717) is 33.6 Å². The average molecular weight is 580 g/mol. The Balaban J connectivity index is 1.48. The van der Waals surface area contributed by atoms with Gasteiger partial charge >= 0.3 is 0 Å². The standard InChI is InChI=1S/C37H26FN3O3/c1-21-9-11-25(12-10-21)34(42)30-33(35(43)24-6-3-2-4-7-24)41-29(37(30)27-20-26(38)16-17-28(27)40-36(37)44)18-15-23-14-13-22-8-5-19-39-31(22)32(23)41/h2-20,29-30,33H,1H3,(H,40,44)/t29?,30-,33-,37+/m1/s1. The molecule has 7 heteroatoms. The van der Waals surface area contributed by atoms with E-state index in [-0.39, 0.29) is 11.6 Å². The number of rotatable bonds is 4. The molecule has 1 fully saturated rings. The molecule has 0 aliphatic carbocycles. The Hall–Kier alpha value is -5.43. The zero-order valence-electron chi connectivity index (χ0n) is 23.7. The van der Waals surface area contributed by atoms with Crippen LogP contribution < -0.4 is 10.2 Å². The highest BCUT2D eigenvalue weighted by Crippen LogP contribution is 2.59. The first-order valence-electron chi connectivity index (χ1n) is 14.6. The van der Waals surface area contributed by atoms with Crippen molar-refractivity contribution < 1.29 is 18.8 Å². The average Bonchev–Trinajstić information content (AvgIpc) is 3.52. The number of nitrogens with one attached hydrogen (secondary N) is 1. The number of halogens is 1. The van der Waals surface area contributed by atoms with Gasteiger partial charge in [0.05, 0.1) is 23.2 Å². The predicted octanol–water partition coefficient (Wildman–Crippen LogP) is 6.54. The summed E-state index contributed by atoms with van der Waals surface area (Å²) in [6, 6.07) is 25.9. The third-order valence-corrected chi connectivity index (χ3v) is 9.36. The van der Waals surface area contributed by atoms with E-state index in [4.69, 9.17) is 4.98 Å². The second-order valence-corrected chi connectivity index (χ2v) is 11.7. The zero-order valence-corrected chi connectivity index (χ0v) is 23.7. The number of pyridine rings is 1. The number of anilines is 2. The van der Waals surface area contributed by atoms with E-state index >= 15 is 4.39 Å². The minimum atomic E-state index is -1.61. The molecule has 4 aromatic carbocycles. The summed E-state index contributed by atoms with van der Waals surface area (Å²) >= 11 is 0. The quantitative estimate of drug-likeness (QED) is 0.245. The summed E-state index contributed by atoms with van der Waals surface area (Å²) in [5.74, 6) is -2.82. The summed E-state index contributed by atoms with van der Waals surface area (Å²) < 4.78 is 15.1. The Morgan fingerprint density at radius 1 is 0.886 bits per heavy atom. The summed E-state index contributed by atoms with van der Waals surface area (Å²) in [6.45, 7) is 1.93. The van der Waals surface area contributed by atoms with E-state index in [2.05, 4.69) is 5.32 Å². The summed E-state index contributed by atoms with van der Waals surface area (Å²) in [4.78, 5) is 50.9. The largest absolute Gasteiger partial charge is 0.350 e. The first-order valence-corrected chi connectivity index (χ1v) is 14.6. The molecule has 0 bridgehead atoms. The lowest BCUT2D eigenvalue weighted by Gasteiger charge is -2.38. The number of carbonyl (C=O) groups excluding carboxylic acids is 3. The van der Waals surface area contributed by atoms with Gasteiger partial charge < -0.3 is 10.2 Å². The van der Waals surface area contributed by atoms with Gasteiger partial charge in [0.1, 0.15) is 17.3 Å². The Kier molecular flexibility index (Phi) is 5.68. The van der Waals surface area contributed by atoms with Crippen molar-refractivity contribution in [1.29, 1.82) is 0 Å². The monoisotopic (exact) mass is 579 g/mol. The molecule has 4 atom stereocenters. The molecule has 4 heterocycles. The number of Topliss-reactive ketones (excluding diaryl/α,β-unsaturated/α-hetero) is 2. The van der Waals surface area contributed by atoms with Crippen LogP contribution in [0.2, 0.25) is 0 Å². The first kappa shape index (κ1) is 26.2. The van der Waals surface area contributed by atoms with Gasteiger partial charge in [-0.1, -0.05) is 90.5 Å². The molecule has 8 rings (SSSR count). The number of carbonyl (C=O) groups is 3. The van der Waals surface area contributed by atoms with Crippen LogP contribution in [0.15, 0.2) is 109 Å². The molecule has 1 unspecified atom stereocenters. The van der Waals surface area contributed by atoms with Crippen molar-refractivity contribution >= 4 is 45.8 Å². The maximum absolute atomic E-state index is 15.1. The Labute approximate surface area is 252 Å². The van der Waals surface area contributed by atoms with Crippen LogP contribution in [-0.4, -0.2) is 34.5 Å². The highest BCUT2D eigenvalue weighted by atomic mass is 19.1. The fraction of sp³-hybridized carbons (Fsp3) is 0.135. The van der Waals surface area contributed by atoms with Gasteiger partial charge in [-0.2, -0.15) is 0 Å². The molecule has 0 saturated carbocycles. The van der Waals surface area contributed by atoms with Crippen LogP contribution in [-0.2, 0) is 10.2 Å². The highest BCUT2D eigenvalue weighted by Gasteiger charge is 2.70. The molecule has 1 aromatic heterocycles. The van der Waals surface area contributed by atoms with Gasteiger partial charge in [0.15, 0.2) is 11.6 Å². The summed E-state index contributed by atoms with van der Waals surface area (Å²) in [5.41, 5.74) is 3.09. The summed E-state index contributed by atoms with van der Waals surface area (Å²) in [7, 11) is 0. The van der Waals surface area contributed by atoms with Gasteiger partial charge in [0.25, 0.3) is 0 Å². The summed E-state index contributed by atoms with van der Waals surface area (Å²) in [6.07, 6.45) is 5.49. The van der Waals surface area contributed by atoms with E-state index < -0.39 is 35.1 Å². The van der Waals surface area contributed by atoms with Crippen molar-refractivity contribution in [3.63, 3.8) is 0 Å². The van der Waals surface area contributed by atoms with Gasteiger partial charge in [-0.05, 0) is 42.3 Å². The van der Waals surface area contributed by atoms with Crippen LogP contribution in [0.25, 0.3) is 17.0 Å². The molecule has 1 saturated heterocycles. The number of ketones is 2. The minimum Gasteiger partial charge on any atom is -0.350 e. The zero-order chi connectivity index (χ0) is 30.2. The molecular weight excluding hydrogens is 553 g/mol. The smallest absolute Gasteiger partial charge is 0.238 e. The maximum atomic E-state index is 15.1. The van der Waals surface area contributed by atoms with Crippen LogP contribution in [0.1, 0.15) is 37.4 Å². The number of fused-ring (bicyclic) bond motifs is 8. The Morgan fingerprint density at radius 2 is 1.66 bits per heavy atom. The molecule has 3 aliphatic rings. The highest BCUT2D eigenvalue weighted by molar-refractivity contribution is 6.19. The molecule has 1 N–H and O–H groups in total. The lowest BCUT2D eigenvalue weighted by Crippen LogP contribution is -2.51. The van der Waals surface area contributed by atoms with E-state index in [1.807, 2.05) is 66.4 Å². The first-order chi connectivity index (χ1) is 21.4. The number of aryl methyl sites for hydroxylation is 1. The second-order valence-electron chi connectivity index (χ2n) is 11.7. The van der Waals surface area contributed by atoms with Gasteiger partial charge in [0.2, 0.25) is 5.91 Å². The topological polar surface area (TPSA) is 79.4 Å². The van der Waals surface area contributed by atoms with Gasteiger partial charge in [-0.3, -0.25) is 19.4 Å². The lowest BCUT2D eigenvalue weighted by molar-refractivity contribution is -0.121. The van der Waals surface area contributed by atoms with E-state index in [0.717, 1.165) is 16.5 Å². The molecule has 214 valence electrons. The normalized spacial score (nSPS) is 22.9. The lowest BCUT2D eigenvalue weighted by atomic mass is 9.64. The summed E-state index contributed by atoms with van der Waals surface area (Å²) in [5, 5.41) is 3.81. The molecule has 3 aliphatic heterocycles. The number of hydrogen-bond acceptors (Lipinski definition) is 5. The van der Waals surface area contributed by atoms with Crippen LogP contribution in [0, 0.1) is 18.7 Å². The molecule has 0 radical (unpaired) electrons. The molecule has 5 aromatic rings. The predicted molar refractivity (Wildman–Crippen MR) is 167 cm³/mol. The van der Waals surface area contributed by atoms with Crippen molar-refractivity contribution in [2.24, 2.45) is 5.92 Å². The van der Waals surface area contributed by atoms with Crippen molar-refractivity contribution in [2.45, 2.75) is 24.4 Å². The fourth-order valence-electron chi connectivity index (χ4n) is 7.47. The van der Waals surface area contributed by atoms with E-state index in [1.165, 1.54) is 18.2 Å². The van der Waals surface area contributed by atoms with Gasteiger partial charge in [-0.15, -0.1) is 0 Å². The minimum absolute atomic E-state index is 0.301. The van der Waals surface area contributed by atoms with Crippen molar-refractivity contribution in [2.75, 3.05) is 10.2 Å². The molecule has 1 amide bonds. The number of amides is 1. The van der Waals surface area contributed by atoms with Crippen LogP contribution in [0.4, 0.5) is 15.8 Å². The molecule has 6 nitrogen and oxygen atoms in total. The number of aromatic nitrogens is 1. The molecule has 1 spiro atoms. The van der Waals surface area contributed by atoms with Crippen LogP contribution in [0.5, 0.6) is 0 Å². The SMILES string of the molecule is Cc1ccc(C(=O)[C@H]2[C@H](C(=O)c3ccccc3)N3c4c(ccc5cccnc45)C=CC3[C@]23C(=O)Nc2ccc(F)cc23)cc1. The maximum Gasteiger partial charge on any atom is 0.238 e. The number of benzene rings is 4. The Bertz CT molecular complexity index is 2060. The van der Waals surface area contributed by atoms with E-state index in [9.17, 15) is 14.4 Å². The number of hydrogen-bond donors (Lipinski definition) is 1. The number of nitrogens with zero attached hydrogens (tertiary/aromatic N) is 2. The van der Waals surface area contributed by atoms with Crippen molar-refractivity contribution in [3.05, 3.63) is 143 Å². The Morgan fingerprint density at radius 3 is 2.45 bits per heavy atom. The van der Waals surface area contributed by atoms with Crippen molar-refractivity contribution in [1.82, 2.24) is 4.98 Å². The molecular formula is C37H26FN3O3. The van der Waals surface area contributed by atoms with Gasteiger partial charge in [-0.25, -0.2) is 4.39 Å². The third kappa shape index (κ3) is 3.52. The fourth-order valence-corrected chi connectivity index (χ4v) is 7.47. The van der Waals surface area contributed by atoms with Crippen molar-refractivity contribution in [3.8, 4) is 0 Å². The third-order valence-electron chi connectivity index (χ3n) is 9.36. The van der Waals surface area contributed by atoms with E-state index in [1.54, 1.807) is 42.6 Å². The van der Waals surface area contributed by atoms with Crippen LogP contribution >= 0.6 is 0 Å².